The third-order valence-electron chi connectivity index (χ3n) is 3.85. The second kappa shape index (κ2) is 8.69. The largest absolute Gasteiger partial charge is 0.488 e. The summed E-state index contributed by atoms with van der Waals surface area (Å²) in [5.74, 6) is 0.284. The maximum atomic E-state index is 12.3. The van der Waals surface area contributed by atoms with Crippen LogP contribution >= 0.6 is 50.9 Å². The third kappa shape index (κ3) is 4.69. The van der Waals surface area contributed by atoms with Crippen LogP contribution in [0.5, 0.6) is 5.75 Å². The number of thioether (sulfide) groups is 1. The van der Waals surface area contributed by atoms with E-state index < -0.39 is 0 Å². The molecule has 4 nitrogen and oxygen atoms in total. The number of hydrogen-bond acceptors (Lipinski definition) is 4. The highest BCUT2D eigenvalue weighted by molar-refractivity contribution is 9.10. The summed E-state index contributed by atoms with van der Waals surface area (Å²) in [6, 6.07) is 10.7. The highest BCUT2D eigenvalue weighted by atomic mass is 79.9. The molecular weight excluding hydrogens is 473 g/mol. The molecule has 8 heteroatoms. The Bertz CT molecular complexity index is 949. The van der Waals surface area contributed by atoms with Crippen molar-refractivity contribution < 1.29 is 14.3 Å². The molecule has 2 aromatic rings. The molecule has 0 bridgehead atoms. The molecule has 3 rings (SSSR count). The van der Waals surface area contributed by atoms with Crippen LogP contribution in [0.4, 0.5) is 4.79 Å². The number of benzene rings is 2. The van der Waals surface area contributed by atoms with Crippen molar-refractivity contribution in [3.63, 3.8) is 0 Å². The first-order chi connectivity index (χ1) is 12.9. The van der Waals surface area contributed by atoms with Crippen LogP contribution in [-0.4, -0.2) is 22.6 Å². The van der Waals surface area contributed by atoms with E-state index in [1.54, 1.807) is 37.3 Å². The van der Waals surface area contributed by atoms with Gasteiger partial charge in [0.05, 0.1) is 4.91 Å². The van der Waals surface area contributed by atoms with Crippen molar-refractivity contribution >= 4 is 68.1 Å². The number of amides is 2. The summed E-state index contributed by atoms with van der Waals surface area (Å²) in [7, 11) is 0. The molecule has 0 unspecified atom stereocenters. The molecule has 0 aromatic heterocycles. The van der Waals surface area contributed by atoms with Crippen LogP contribution < -0.4 is 4.74 Å². The Morgan fingerprint density at radius 2 is 1.96 bits per heavy atom. The quantitative estimate of drug-likeness (QED) is 0.459. The number of likely N-dealkylation sites (N-methyl/N-ethyl adjacent to an activating group) is 1. The fourth-order valence-corrected chi connectivity index (χ4v) is 4.21. The SMILES string of the molecule is CCN1C(=O)S/C(=C/c2cc(Br)ccc2OCc2ccc(Cl)cc2Cl)C1=O. The zero-order valence-corrected chi connectivity index (χ0v) is 18.1. The van der Waals surface area contributed by atoms with E-state index in [0.29, 0.717) is 32.8 Å². The summed E-state index contributed by atoms with van der Waals surface area (Å²) >= 11 is 16.5. The van der Waals surface area contributed by atoms with E-state index in [9.17, 15) is 9.59 Å². The molecule has 1 heterocycles. The van der Waals surface area contributed by atoms with Crippen molar-refractivity contribution in [1.29, 1.82) is 0 Å². The Kier molecular flexibility index (Phi) is 6.52. The van der Waals surface area contributed by atoms with Crippen molar-refractivity contribution in [3.05, 3.63) is 66.9 Å². The average molecular weight is 487 g/mol. The summed E-state index contributed by atoms with van der Waals surface area (Å²) in [6.45, 7) is 2.36. The first kappa shape index (κ1) is 20.3. The van der Waals surface area contributed by atoms with Crippen LogP contribution in [0, 0.1) is 0 Å². The van der Waals surface area contributed by atoms with Crippen molar-refractivity contribution in [2.45, 2.75) is 13.5 Å². The van der Waals surface area contributed by atoms with E-state index in [0.717, 1.165) is 21.8 Å². The van der Waals surface area contributed by atoms with Gasteiger partial charge in [-0.15, -0.1) is 0 Å². The highest BCUT2D eigenvalue weighted by Crippen LogP contribution is 2.35. The lowest BCUT2D eigenvalue weighted by atomic mass is 10.1. The highest BCUT2D eigenvalue weighted by Gasteiger charge is 2.33. The van der Waals surface area contributed by atoms with Gasteiger partial charge in [-0.2, -0.15) is 0 Å². The van der Waals surface area contributed by atoms with Crippen LogP contribution in [0.25, 0.3) is 6.08 Å². The van der Waals surface area contributed by atoms with Crippen LogP contribution in [0.15, 0.2) is 45.8 Å². The van der Waals surface area contributed by atoms with E-state index in [2.05, 4.69) is 15.9 Å². The topological polar surface area (TPSA) is 46.6 Å². The maximum Gasteiger partial charge on any atom is 0.293 e. The van der Waals surface area contributed by atoms with Gasteiger partial charge in [-0.3, -0.25) is 14.5 Å². The van der Waals surface area contributed by atoms with Gasteiger partial charge in [0.1, 0.15) is 12.4 Å². The normalized spacial score (nSPS) is 15.7. The maximum absolute atomic E-state index is 12.3. The molecule has 1 fully saturated rings. The summed E-state index contributed by atoms with van der Waals surface area (Å²) in [4.78, 5) is 25.8. The van der Waals surface area contributed by atoms with E-state index in [-0.39, 0.29) is 17.8 Å². The van der Waals surface area contributed by atoms with Crippen LogP contribution in [0.2, 0.25) is 10.0 Å². The summed E-state index contributed by atoms with van der Waals surface area (Å²) < 4.78 is 6.75. The number of imide groups is 1. The fraction of sp³-hybridized carbons (Fsp3) is 0.158. The number of ether oxygens (including phenoxy) is 1. The van der Waals surface area contributed by atoms with Gasteiger partial charge in [0.25, 0.3) is 11.1 Å². The fourth-order valence-electron chi connectivity index (χ4n) is 2.47. The lowest BCUT2D eigenvalue weighted by Crippen LogP contribution is -2.27. The number of carbonyl (C=O) groups excluding carboxylic acids is 2. The molecule has 0 aliphatic carbocycles. The molecule has 1 saturated heterocycles. The predicted octanol–water partition coefficient (Wildman–Crippen LogP) is 6.39. The van der Waals surface area contributed by atoms with Gasteiger partial charge in [0.2, 0.25) is 0 Å². The molecule has 0 radical (unpaired) electrons. The molecule has 1 aliphatic rings. The summed E-state index contributed by atoms with van der Waals surface area (Å²) in [5, 5.41) is 0.809. The summed E-state index contributed by atoms with van der Waals surface area (Å²) in [5.41, 5.74) is 1.48. The van der Waals surface area contributed by atoms with Crippen LogP contribution in [-0.2, 0) is 11.4 Å². The first-order valence-electron chi connectivity index (χ1n) is 8.00. The number of hydrogen-bond donors (Lipinski definition) is 0. The second-order valence-electron chi connectivity index (χ2n) is 5.63. The average Bonchev–Trinajstić information content (AvgIpc) is 2.88. The molecular formula is C19H14BrCl2NO3S. The van der Waals surface area contributed by atoms with E-state index in [1.165, 1.54) is 4.90 Å². The minimum Gasteiger partial charge on any atom is -0.488 e. The number of rotatable bonds is 5. The van der Waals surface area contributed by atoms with Gasteiger partial charge in [-0.05, 0) is 55.1 Å². The second-order valence-corrected chi connectivity index (χ2v) is 8.39. The molecule has 2 amide bonds. The van der Waals surface area contributed by atoms with Crippen molar-refractivity contribution in [1.82, 2.24) is 4.90 Å². The van der Waals surface area contributed by atoms with E-state index >= 15 is 0 Å². The zero-order valence-electron chi connectivity index (χ0n) is 14.2. The Balaban J connectivity index is 1.86. The molecule has 0 saturated carbocycles. The molecule has 0 spiro atoms. The Labute approximate surface area is 179 Å². The van der Waals surface area contributed by atoms with E-state index in [1.807, 2.05) is 12.1 Å². The Hall–Kier alpha value is -1.47. The van der Waals surface area contributed by atoms with Gasteiger partial charge >= 0.3 is 0 Å². The van der Waals surface area contributed by atoms with Crippen molar-refractivity contribution in [3.8, 4) is 5.75 Å². The molecule has 0 N–H and O–H groups in total. The molecule has 0 atom stereocenters. The molecule has 2 aromatic carbocycles. The number of carbonyl (C=O) groups is 2. The lowest BCUT2D eigenvalue weighted by Gasteiger charge is -2.12. The first-order valence-corrected chi connectivity index (χ1v) is 10.4. The minimum atomic E-state index is -0.292. The number of nitrogens with zero attached hydrogens (tertiary/aromatic N) is 1. The molecule has 140 valence electrons. The van der Waals surface area contributed by atoms with Crippen molar-refractivity contribution in [2.75, 3.05) is 6.54 Å². The van der Waals surface area contributed by atoms with Crippen LogP contribution in [0.3, 0.4) is 0 Å². The Morgan fingerprint density at radius 1 is 1.19 bits per heavy atom. The standard InChI is InChI=1S/C19H14BrCl2NO3S/c1-2-23-18(24)17(27-19(23)25)8-12-7-13(20)4-6-16(12)26-10-11-3-5-14(21)9-15(11)22/h3-9H,2,10H2,1H3/b17-8+. The van der Waals surface area contributed by atoms with Crippen molar-refractivity contribution in [2.24, 2.45) is 0 Å². The molecule has 1 aliphatic heterocycles. The van der Waals surface area contributed by atoms with Gasteiger partial charge in [-0.1, -0.05) is 45.2 Å². The van der Waals surface area contributed by atoms with Gasteiger partial charge in [0.15, 0.2) is 0 Å². The minimum absolute atomic E-state index is 0.245. The molecule has 27 heavy (non-hydrogen) atoms. The van der Waals surface area contributed by atoms with Crippen LogP contribution in [0.1, 0.15) is 18.1 Å². The zero-order chi connectivity index (χ0) is 19.6. The van der Waals surface area contributed by atoms with E-state index in [4.69, 9.17) is 27.9 Å². The lowest BCUT2D eigenvalue weighted by molar-refractivity contribution is -0.122. The number of halogens is 3. The monoisotopic (exact) mass is 485 g/mol. The van der Waals surface area contributed by atoms with Gasteiger partial charge in [0, 0.05) is 32.2 Å². The third-order valence-corrected chi connectivity index (χ3v) is 5.83. The summed E-state index contributed by atoms with van der Waals surface area (Å²) in [6.07, 6.45) is 1.67. The van der Waals surface area contributed by atoms with Gasteiger partial charge < -0.3 is 4.74 Å². The van der Waals surface area contributed by atoms with Gasteiger partial charge in [-0.25, -0.2) is 0 Å². The Morgan fingerprint density at radius 3 is 2.63 bits per heavy atom. The predicted molar refractivity (Wildman–Crippen MR) is 113 cm³/mol. The smallest absolute Gasteiger partial charge is 0.293 e.